The average molecular weight is 365 g/mol. The molecule has 0 spiro atoms. The lowest BCUT2D eigenvalue weighted by Gasteiger charge is -2.28. The second-order valence-electron chi connectivity index (χ2n) is 6.26. The van der Waals surface area contributed by atoms with Crippen LogP contribution in [0.3, 0.4) is 0 Å². The molecule has 0 aliphatic carbocycles. The van der Waals surface area contributed by atoms with E-state index in [1.807, 2.05) is 5.01 Å². The van der Waals surface area contributed by atoms with Crippen LogP contribution in [0.4, 0.5) is 28.0 Å². The number of urea groups is 1. The van der Waals surface area contributed by atoms with E-state index in [1.165, 1.54) is 29.2 Å². The number of hydrazine groups is 1. The summed E-state index contributed by atoms with van der Waals surface area (Å²) in [5.41, 5.74) is 0.294. The number of amides is 2. The van der Waals surface area contributed by atoms with Crippen molar-refractivity contribution in [3.63, 3.8) is 0 Å². The Morgan fingerprint density at radius 3 is 2.19 bits per heavy atom. The molecule has 2 amide bonds. The van der Waals surface area contributed by atoms with Crippen LogP contribution in [0.15, 0.2) is 48.5 Å². The minimum absolute atomic E-state index is 0.295. The second-order valence-corrected chi connectivity index (χ2v) is 6.26. The summed E-state index contributed by atoms with van der Waals surface area (Å²) in [6.07, 6.45) is -4.14. The molecule has 0 aromatic heterocycles. The van der Waals surface area contributed by atoms with E-state index in [0.29, 0.717) is 24.3 Å². The molecule has 0 radical (unpaired) electrons. The van der Waals surface area contributed by atoms with Crippen LogP contribution >= 0.6 is 0 Å². The van der Waals surface area contributed by atoms with Gasteiger partial charge in [0.05, 0.1) is 5.56 Å². The Balaban J connectivity index is 1.74. The fourth-order valence-electron chi connectivity index (χ4n) is 3.47. The highest BCUT2D eigenvalue weighted by Gasteiger charge is 2.47. The van der Waals surface area contributed by atoms with Crippen molar-refractivity contribution in [1.29, 1.82) is 0 Å². The Morgan fingerprint density at radius 1 is 0.923 bits per heavy atom. The van der Waals surface area contributed by atoms with Crippen LogP contribution in [0.2, 0.25) is 0 Å². The van der Waals surface area contributed by atoms with Gasteiger partial charge in [-0.15, -0.1) is 0 Å². The fourth-order valence-corrected chi connectivity index (χ4v) is 3.47. The van der Waals surface area contributed by atoms with Crippen LogP contribution in [0.1, 0.15) is 23.7 Å². The molecule has 2 aliphatic heterocycles. The molecule has 2 aromatic rings. The summed E-state index contributed by atoms with van der Waals surface area (Å²) in [5.74, 6) is -0.391. The van der Waals surface area contributed by atoms with Crippen molar-refractivity contribution in [2.75, 3.05) is 18.0 Å². The molecule has 0 N–H and O–H groups in total. The van der Waals surface area contributed by atoms with E-state index in [1.54, 1.807) is 17.1 Å². The smallest absolute Gasteiger partial charge is 0.271 e. The van der Waals surface area contributed by atoms with Crippen LogP contribution in [-0.2, 0) is 6.18 Å². The Bertz CT molecular complexity index is 820. The van der Waals surface area contributed by atoms with Gasteiger partial charge < -0.3 is 0 Å². The third-order valence-electron chi connectivity index (χ3n) is 4.66. The first kappa shape index (κ1) is 16.8. The third kappa shape index (κ3) is 2.70. The number of halogens is 4. The predicted molar refractivity (Wildman–Crippen MR) is 86.5 cm³/mol. The topological polar surface area (TPSA) is 26.8 Å². The Morgan fingerprint density at radius 2 is 1.58 bits per heavy atom. The van der Waals surface area contributed by atoms with Gasteiger partial charge in [0.15, 0.2) is 0 Å². The van der Waals surface area contributed by atoms with E-state index in [9.17, 15) is 22.4 Å². The first-order valence-corrected chi connectivity index (χ1v) is 8.16. The molecule has 4 nitrogen and oxygen atoms in total. The number of fused-ring (bicyclic) bond motifs is 1. The number of benzene rings is 2. The SMILES string of the molecule is O=C1N(c2ccc(C(F)(F)F)cc2)C(c2ccc(F)cc2)N2CCCN12. The molecule has 1 unspecified atom stereocenters. The zero-order chi connectivity index (χ0) is 18.5. The van der Waals surface area contributed by atoms with Crippen molar-refractivity contribution in [2.45, 2.75) is 18.8 Å². The molecule has 2 aliphatic rings. The summed E-state index contributed by atoms with van der Waals surface area (Å²) in [6.45, 7) is 1.19. The number of anilines is 1. The minimum Gasteiger partial charge on any atom is -0.271 e. The van der Waals surface area contributed by atoms with Gasteiger partial charge in [-0.25, -0.2) is 9.18 Å². The lowest BCUT2D eigenvalue weighted by atomic mass is 10.1. The molecule has 0 bridgehead atoms. The molecule has 136 valence electrons. The van der Waals surface area contributed by atoms with E-state index in [-0.39, 0.29) is 6.03 Å². The van der Waals surface area contributed by atoms with Gasteiger partial charge in [-0.05, 0) is 48.4 Å². The van der Waals surface area contributed by atoms with Gasteiger partial charge in [0, 0.05) is 18.8 Å². The van der Waals surface area contributed by atoms with Crippen molar-refractivity contribution < 1.29 is 22.4 Å². The van der Waals surface area contributed by atoms with Crippen LogP contribution in [0.5, 0.6) is 0 Å². The lowest BCUT2D eigenvalue weighted by molar-refractivity contribution is -0.137. The maximum Gasteiger partial charge on any atom is 0.416 e. The van der Waals surface area contributed by atoms with Crippen LogP contribution in [-0.4, -0.2) is 29.1 Å². The van der Waals surface area contributed by atoms with Crippen molar-refractivity contribution in [3.8, 4) is 0 Å². The zero-order valence-corrected chi connectivity index (χ0v) is 13.6. The van der Waals surface area contributed by atoms with Crippen molar-refractivity contribution in [3.05, 3.63) is 65.5 Å². The maximum atomic E-state index is 13.3. The zero-order valence-electron chi connectivity index (χ0n) is 13.6. The monoisotopic (exact) mass is 365 g/mol. The normalized spacial score (nSPS) is 20.8. The number of alkyl halides is 3. The number of carbonyl (C=O) groups excluding carboxylic acids is 1. The first-order chi connectivity index (χ1) is 12.4. The van der Waals surface area contributed by atoms with Crippen LogP contribution < -0.4 is 4.90 Å². The molecule has 2 aromatic carbocycles. The molecule has 8 heteroatoms. The standard InChI is InChI=1S/C18H15F4N3O/c19-14-6-2-12(3-7-14)16-23-10-1-11-24(23)17(26)25(16)15-8-4-13(5-9-15)18(20,21)22/h2-9,16H,1,10-11H2. The molecule has 26 heavy (non-hydrogen) atoms. The molecular formula is C18H15F4N3O. The second kappa shape index (κ2) is 5.98. The van der Waals surface area contributed by atoms with Gasteiger partial charge in [-0.1, -0.05) is 12.1 Å². The number of hydrogen-bond acceptors (Lipinski definition) is 2. The van der Waals surface area contributed by atoms with Gasteiger partial charge in [-0.3, -0.25) is 9.91 Å². The molecule has 2 saturated heterocycles. The molecule has 2 heterocycles. The molecule has 2 fully saturated rings. The first-order valence-electron chi connectivity index (χ1n) is 8.16. The average Bonchev–Trinajstić information content (AvgIpc) is 3.17. The van der Waals surface area contributed by atoms with Crippen molar-refractivity contribution in [1.82, 2.24) is 10.0 Å². The number of hydrogen-bond donors (Lipinski definition) is 0. The van der Waals surface area contributed by atoms with Gasteiger partial charge in [0.25, 0.3) is 0 Å². The van der Waals surface area contributed by atoms with Gasteiger partial charge in [0.1, 0.15) is 12.0 Å². The largest absolute Gasteiger partial charge is 0.416 e. The molecule has 0 saturated carbocycles. The Kier molecular flexibility index (Phi) is 3.87. The number of rotatable bonds is 2. The van der Waals surface area contributed by atoms with E-state index in [4.69, 9.17) is 0 Å². The maximum absolute atomic E-state index is 13.3. The highest BCUT2D eigenvalue weighted by molar-refractivity contribution is 5.94. The van der Waals surface area contributed by atoms with Gasteiger partial charge in [-0.2, -0.15) is 18.2 Å². The van der Waals surface area contributed by atoms with E-state index in [0.717, 1.165) is 18.6 Å². The third-order valence-corrected chi connectivity index (χ3v) is 4.66. The van der Waals surface area contributed by atoms with Gasteiger partial charge in [0.2, 0.25) is 0 Å². The van der Waals surface area contributed by atoms with E-state index in [2.05, 4.69) is 0 Å². The quantitative estimate of drug-likeness (QED) is 0.738. The fraction of sp³-hybridized carbons (Fsp3) is 0.278. The summed E-state index contributed by atoms with van der Waals surface area (Å²) in [4.78, 5) is 14.3. The summed E-state index contributed by atoms with van der Waals surface area (Å²) >= 11 is 0. The summed E-state index contributed by atoms with van der Waals surface area (Å²) in [7, 11) is 0. The van der Waals surface area contributed by atoms with Crippen molar-refractivity contribution in [2.24, 2.45) is 0 Å². The Labute approximate surface area is 147 Å². The highest BCUT2D eigenvalue weighted by Crippen LogP contribution is 2.41. The van der Waals surface area contributed by atoms with E-state index < -0.39 is 23.7 Å². The Hall–Kier alpha value is -2.61. The van der Waals surface area contributed by atoms with Gasteiger partial charge >= 0.3 is 12.2 Å². The van der Waals surface area contributed by atoms with Crippen molar-refractivity contribution >= 4 is 11.7 Å². The summed E-state index contributed by atoms with van der Waals surface area (Å²) in [6, 6.07) is 10.0. The number of nitrogens with zero attached hydrogens (tertiary/aromatic N) is 3. The predicted octanol–water partition coefficient (Wildman–Crippen LogP) is 4.41. The minimum atomic E-state index is -4.44. The molecular weight excluding hydrogens is 350 g/mol. The van der Waals surface area contributed by atoms with Crippen LogP contribution in [0, 0.1) is 5.82 Å². The van der Waals surface area contributed by atoms with Crippen LogP contribution in [0.25, 0.3) is 0 Å². The highest BCUT2D eigenvalue weighted by atomic mass is 19.4. The number of carbonyl (C=O) groups is 1. The lowest BCUT2D eigenvalue weighted by Crippen LogP contribution is -2.32. The molecule has 4 rings (SSSR count). The van der Waals surface area contributed by atoms with E-state index >= 15 is 0 Å². The molecule has 1 atom stereocenters. The summed E-state index contributed by atoms with van der Waals surface area (Å²) < 4.78 is 51.7. The summed E-state index contributed by atoms with van der Waals surface area (Å²) in [5, 5.41) is 3.46.